The number of carboxylic acid groups (broad SMARTS) is 1. The lowest BCUT2D eigenvalue weighted by Crippen LogP contribution is -2.46. The molecule has 6 atom stereocenters. The van der Waals surface area contributed by atoms with Crippen LogP contribution < -0.4 is 15.7 Å². The van der Waals surface area contributed by atoms with Gasteiger partial charge in [-0.1, -0.05) is 44.0 Å². The lowest BCUT2D eigenvalue weighted by atomic mass is 10.1. The molecule has 0 aliphatic carbocycles. The average molecular weight is 689 g/mol. The second-order valence-electron chi connectivity index (χ2n) is 8.39. The number of benzene rings is 1. The normalized spacial score (nSPS) is 21.5. The minimum atomic E-state index is -1.56. The minimum absolute atomic E-state index is 0.0348. The number of aliphatic carboxylic acids is 1. The van der Waals surface area contributed by atoms with Gasteiger partial charge < -0.3 is 29.4 Å². The molecule has 2 N–H and O–H groups in total. The molecule has 1 saturated heterocycles. The van der Waals surface area contributed by atoms with Crippen molar-refractivity contribution < 1.29 is 48.0 Å². The smallest absolute Gasteiger partial charge is 0.351 e. The number of rotatable bonds is 9. The first-order chi connectivity index (χ1) is 18.8. The van der Waals surface area contributed by atoms with Crippen molar-refractivity contribution in [1.29, 1.82) is 0 Å². The van der Waals surface area contributed by atoms with E-state index in [9.17, 15) is 33.9 Å². The minimum Gasteiger partial charge on any atom is -0.480 e. The number of ether oxygens (including phenoxy) is 4. The molecule has 2 heterocycles. The van der Waals surface area contributed by atoms with E-state index in [-0.39, 0.29) is 17.1 Å². The van der Waals surface area contributed by atoms with E-state index in [0.717, 1.165) is 18.4 Å². The van der Waals surface area contributed by atoms with E-state index in [1.807, 2.05) is 0 Å². The number of carbonyl (C=O) groups is 5. The zero-order valence-electron chi connectivity index (χ0n) is 21.1. The maximum absolute atomic E-state index is 13.2. The van der Waals surface area contributed by atoms with Crippen LogP contribution in [-0.2, 0) is 33.4 Å². The highest BCUT2D eigenvalue weighted by atomic mass is 79.9. The van der Waals surface area contributed by atoms with Crippen LogP contribution in [0.3, 0.4) is 0 Å². The first-order valence-corrected chi connectivity index (χ1v) is 13.3. The number of hydrogen-bond donors (Lipinski definition) is 2. The Morgan fingerprint density at radius 2 is 1.77 bits per heavy atom. The molecule has 1 aliphatic rings. The molecule has 1 aromatic heterocycles. The standard InChI is InChI=1S/C24H23Br2N3O11/c1-10(30)27-15-8-9-29(24(36)28-15)21-20(38-12(3)32)16(25)18(39-21)19(17(26)22(33)34)40-23(35)13-6-4-5-7-14(13)37-11(2)31/h4-9,16-21H,1-3H3,(H,33,34)(H,27,28,30,36)/t16-,17?,18+,19?,20-,21-/m1/s1. The highest BCUT2D eigenvalue weighted by Crippen LogP contribution is 2.40. The number of esters is 3. The number of halogens is 2. The summed E-state index contributed by atoms with van der Waals surface area (Å²) in [5.41, 5.74) is -1.05. The number of hydrogen-bond acceptors (Lipinski definition) is 11. The van der Waals surface area contributed by atoms with Crippen LogP contribution >= 0.6 is 31.9 Å². The van der Waals surface area contributed by atoms with Crippen LogP contribution in [0.5, 0.6) is 5.75 Å². The maximum Gasteiger partial charge on any atom is 0.351 e. The second kappa shape index (κ2) is 13.1. The second-order valence-corrected chi connectivity index (χ2v) is 10.4. The Kier molecular flexibility index (Phi) is 10.2. The molecule has 0 spiro atoms. The first-order valence-electron chi connectivity index (χ1n) is 11.5. The lowest BCUT2D eigenvalue weighted by molar-refractivity contribution is -0.153. The zero-order valence-corrected chi connectivity index (χ0v) is 24.3. The Bertz CT molecular complexity index is 1380. The molecule has 1 aromatic carbocycles. The molecule has 14 nitrogen and oxygen atoms in total. The summed E-state index contributed by atoms with van der Waals surface area (Å²) >= 11 is 6.36. The van der Waals surface area contributed by atoms with Gasteiger partial charge in [-0.2, -0.15) is 4.98 Å². The van der Waals surface area contributed by atoms with E-state index < -0.39 is 69.7 Å². The van der Waals surface area contributed by atoms with Crippen LogP contribution in [0.25, 0.3) is 0 Å². The molecule has 1 aliphatic heterocycles. The Morgan fingerprint density at radius 3 is 2.35 bits per heavy atom. The number of amides is 1. The van der Waals surface area contributed by atoms with Crippen molar-refractivity contribution in [2.45, 2.75) is 55.0 Å². The summed E-state index contributed by atoms with van der Waals surface area (Å²) in [5, 5.41) is 12.1. The first kappa shape index (κ1) is 30.9. The molecule has 2 unspecified atom stereocenters. The van der Waals surface area contributed by atoms with E-state index in [1.54, 1.807) is 0 Å². The van der Waals surface area contributed by atoms with E-state index in [2.05, 4.69) is 42.2 Å². The Labute approximate surface area is 243 Å². The number of anilines is 1. The fourth-order valence-electron chi connectivity index (χ4n) is 3.81. The summed E-state index contributed by atoms with van der Waals surface area (Å²) in [6, 6.07) is 6.98. The highest BCUT2D eigenvalue weighted by molar-refractivity contribution is 9.10. The quantitative estimate of drug-likeness (QED) is 0.221. The van der Waals surface area contributed by atoms with Gasteiger partial charge in [-0.05, 0) is 18.2 Å². The number of aromatic nitrogens is 2. The SMILES string of the molecule is CC(=O)Nc1ccn([C@@H]2O[C@H](C(OC(=O)c3ccccc3OC(C)=O)C(Br)C(=O)O)[C@@H](Br)[C@H]2OC(C)=O)c(=O)n1. The molecule has 214 valence electrons. The third kappa shape index (κ3) is 7.31. The molecule has 1 amide bonds. The van der Waals surface area contributed by atoms with Crippen molar-refractivity contribution in [3.05, 3.63) is 52.6 Å². The summed E-state index contributed by atoms with van der Waals surface area (Å²) in [7, 11) is 0. The van der Waals surface area contributed by atoms with Crippen LogP contribution in [0.1, 0.15) is 37.4 Å². The molecule has 0 radical (unpaired) electrons. The van der Waals surface area contributed by atoms with Crippen LogP contribution in [0.15, 0.2) is 41.3 Å². The number of alkyl halides is 2. The maximum atomic E-state index is 13.2. The van der Waals surface area contributed by atoms with E-state index >= 15 is 0 Å². The van der Waals surface area contributed by atoms with Gasteiger partial charge in [0.15, 0.2) is 23.3 Å². The van der Waals surface area contributed by atoms with Gasteiger partial charge in [0.1, 0.15) is 23.2 Å². The molecule has 0 saturated carbocycles. The summed E-state index contributed by atoms with van der Waals surface area (Å²) in [6.07, 6.45) is -4.18. The van der Waals surface area contributed by atoms with Crippen molar-refractivity contribution in [2.24, 2.45) is 0 Å². The van der Waals surface area contributed by atoms with Crippen molar-refractivity contribution in [1.82, 2.24) is 9.55 Å². The van der Waals surface area contributed by atoms with Crippen LogP contribution in [-0.4, -0.2) is 72.4 Å². The Hall–Kier alpha value is -3.63. The molecular formula is C24H23Br2N3O11. The van der Waals surface area contributed by atoms with Gasteiger partial charge in [-0.3, -0.25) is 23.7 Å². The predicted octanol–water partition coefficient (Wildman–Crippen LogP) is 1.79. The molecule has 2 aromatic rings. The van der Waals surface area contributed by atoms with Gasteiger partial charge in [-0.25, -0.2) is 9.59 Å². The van der Waals surface area contributed by atoms with Gasteiger partial charge in [0.25, 0.3) is 0 Å². The van der Waals surface area contributed by atoms with Gasteiger partial charge in [0.05, 0.1) is 4.83 Å². The fourth-order valence-corrected chi connectivity index (χ4v) is 5.01. The van der Waals surface area contributed by atoms with Gasteiger partial charge in [0, 0.05) is 27.0 Å². The monoisotopic (exact) mass is 687 g/mol. The lowest BCUT2D eigenvalue weighted by Gasteiger charge is -2.27. The Balaban J connectivity index is 2.00. The molecule has 3 rings (SSSR count). The predicted molar refractivity (Wildman–Crippen MR) is 142 cm³/mol. The van der Waals surface area contributed by atoms with Crippen molar-refractivity contribution in [3.8, 4) is 5.75 Å². The third-order valence-electron chi connectivity index (χ3n) is 5.37. The molecule has 0 bridgehead atoms. The van der Waals surface area contributed by atoms with Crippen molar-refractivity contribution in [2.75, 3.05) is 5.32 Å². The topological polar surface area (TPSA) is 189 Å². The summed E-state index contributed by atoms with van der Waals surface area (Å²) in [4.78, 5) is 73.8. The van der Waals surface area contributed by atoms with Crippen LogP contribution in [0.4, 0.5) is 5.82 Å². The average Bonchev–Trinajstić information content (AvgIpc) is 3.16. The number of nitrogens with zero attached hydrogens (tertiary/aromatic N) is 2. The van der Waals surface area contributed by atoms with E-state index in [4.69, 9.17) is 18.9 Å². The third-order valence-corrected chi connectivity index (χ3v) is 7.32. The van der Waals surface area contributed by atoms with E-state index in [0.29, 0.717) is 0 Å². The fraction of sp³-hybridized carbons (Fsp3) is 0.375. The molecule has 16 heteroatoms. The molecule has 1 fully saturated rings. The number of carboxylic acids is 1. The summed E-state index contributed by atoms with van der Waals surface area (Å²) < 4.78 is 23.0. The van der Waals surface area contributed by atoms with E-state index in [1.165, 1.54) is 43.5 Å². The summed E-state index contributed by atoms with van der Waals surface area (Å²) in [5.74, 6) is -4.50. The number of para-hydroxylation sites is 1. The largest absolute Gasteiger partial charge is 0.480 e. The zero-order chi connectivity index (χ0) is 29.7. The molecule has 40 heavy (non-hydrogen) atoms. The summed E-state index contributed by atoms with van der Waals surface area (Å²) in [6.45, 7) is 3.49. The van der Waals surface area contributed by atoms with Crippen LogP contribution in [0, 0.1) is 0 Å². The van der Waals surface area contributed by atoms with Crippen molar-refractivity contribution in [3.63, 3.8) is 0 Å². The van der Waals surface area contributed by atoms with Crippen molar-refractivity contribution >= 4 is 67.5 Å². The van der Waals surface area contributed by atoms with Gasteiger partial charge >= 0.3 is 29.6 Å². The highest BCUT2D eigenvalue weighted by Gasteiger charge is 2.53. The van der Waals surface area contributed by atoms with Crippen LogP contribution in [0.2, 0.25) is 0 Å². The van der Waals surface area contributed by atoms with Gasteiger partial charge in [0.2, 0.25) is 5.91 Å². The number of carbonyl (C=O) groups excluding carboxylic acids is 4. The number of nitrogens with one attached hydrogen (secondary N) is 1. The Morgan fingerprint density at radius 1 is 1.10 bits per heavy atom. The molecular weight excluding hydrogens is 666 g/mol. The van der Waals surface area contributed by atoms with Gasteiger partial charge in [-0.15, -0.1) is 0 Å².